The van der Waals surface area contributed by atoms with Crippen molar-refractivity contribution < 1.29 is 13.0 Å². The fraction of sp³-hybridized carbons (Fsp3) is 0. The summed E-state index contributed by atoms with van der Waals surface area (Å²) in [5.41, 5.74) is -0.620. The van der Waals surface area contributed by atoms with Gasteiger partial charge in [0.15, 0.2) is 0 Å². The summed E-state index contributed by atoms with van der Waals surface area (Å²) in [7, 11) is -3.42. The van der Waals surface area contributed by atoms with Crippen molar-refractivity contribution >= 4 is 10.2 Å². The van der Waals surface area contributed by atoms with Gasteiger partial charge in [-0.05, 0) is 0 Å². The van der Waals surface area contributed by atoms with E-state index in [2.05, 4.69) is 4.63 Å². The summed E-state index contributed by atoms with van der Waals surface area (Å²) in [6, 6.07) is 0. The molecule has 3 rings (SSSR count). The second-order valence-electron chi connectivity index (χ2n) is 1.33. The largest absolute Gasteiger partial charge is 0.423 e. The quantitative estimate of drug-likeness (QED) is 0.428. The van der Waals surface area contributed by atoms with Crippen molar-refractivity contribution in [3.8, 4) is 0 Å². The Labute approximate surface area is 43.0 Å². The van der Waals surface area contributed by atoms with Crippen molar-refractivity contribution in [2.45, 2.75) is 0 Å². The maximum absolute atomic E-state index is 10.2. The topological polar surface area (TPSA) is 74.2 Å². The Balaban J connectivity index is 3.00. The van der Waals surface area contributed by atoms with Gasteiger partial charge in [-0.25, -0.2) is 9.42 Å². The highest BCUT2D eigenvalue weighted by atomic mass is 32.2. The van der Waals surface area contributed by atoms with E-state index in [0.29, 0.717) is 8.29 Å². The number of hydrogen-bond acceptors (Lipinski definition) is 4. The number of nitrogens with zero attached hydrogens (tertiary/aromatic N) is 2. The molecule has 2 aliphatic rings. The summed E-state index contributed by atoms with van der Waals surface area (Å²) >= 11 is 0. The van der Waals surface area contributed by atoms with Gasteiger partial charge in [0.2, 0.25) is 0 Å². The van der Waals surface area contributed by atoms with Crippen molar-refractivity contribution in [3.05, 3.63) is 10.5 Å². The second kappa shape index (κ2) is 0.672. The zero-order valence-corrected chi connectivity index (χ0v) is 4.25. The van der Waals surface area contributed by atoms with E-state index in [1.165, 1.54) is 0 Å². The standard InChI is InChI=1S/CN2O4S/c4-1-2-7-3(1)8(2,5)6. The molecule has 0 fully saturated rings. The Morgan fingerprint density at radius 2 is 1.88 bits per heavy atom. The van der Waals surface area contributed by atoms with Gasteiger partial charge >= 0.3 is 15.9 Å². The van der Waals surface area contributed by atoms with Crippen molar-refractivity contribution in [3.63, 3.8) is 0 Å². The highest BCUT2D eigenvalue weighted by Crippen LogP contribution is 2.08. The summed E-state index contributed by atoms with van der Waals surface area (Å²) in [5, 5.41) is 0. The van der Waals surface area contributed by atoms with Crippen LogP contribution in [-0.2, 0) is 10.2 Å². The summed E-state index contributed by atoms with van der Waals surface area (Å²) in [5.74, 6) is 0. The van der Waals surface area contributed by atoms with Gasteiger partial charge in [0.1, 0.15) is 0 Å². The average molecular weight is 136 g/mol. The summed E-state index contributed by atoms with van der Waals surface area (Å²) < 4.78 is 25.1. The predicted molar refractivity (Wildman–Crippen MR) is 20.7 cm³/mol. The van der Waals surface area contributed by atoms with Crippen molar-refractivity contribution in [2.75, 3.05) is 0 Å². The molecule has 7 heteroatoms. The minimum absolute atomic E-state index is 0.312. The fourth-order valence-corrected chi connectivity index (χ4v) is 1.24. The molecule has 2 aliphatic heterocycles. The maximum Gasteiger partial charge on any atom is 0.423 e. The second-order valence-corrected chi connectivity index (χ2v) is 2.89. The molecule has 0 amide bonds. The Kier molecular flexibility index (Phi) is 0.332. The zero-order chi connectivity index (χ0) is 5.94. The monoisotopic (exact) mass is 136 g/mol. The van der Waals surface area contributed by atoms with E-state index < -0.39 is 15.9 Å². The SMILES string of the molecule is O=c1n2on1S2(=O)=O. The molecule has 0 N–H and O–H groups in total. The molecular formula is CN2O4S. The smallest absolute Gasteiger partial charge is 0.248 e. The van der Waals surface area contributed by atoms with Gasteiger partial charge in [-0.1, -0.05) is 0 Å². The van der Waals surface area contributed by atoms with Crippen LogP contribution in [0.2, 0.25) is 0 Å². The van der Waals surface area contributed by atoms with E-state index in [9.17, 15) is 13.2 Å². The van der Waals surface area contributed by atoms with Gasteiger partial charge in [-0.3, -0.25) is 0 Å². The minimum atomic E-state index is -3.42. The zero-order valence-electron chi connectivity index (χ0n) is 3.44. The highest BCUT2D eigenvalue weighted by molar-refractivity contribution is 7.89. The van der Waals surface area contributed by atoms with Crippen molar-refractivity contribution in [1.82, 2.24) is 8.29 Å². The molecule has 6 nitrogen and oxygen atoms in total. The fourth-order valence-electron chi connectivity index (χ4n) is 0.464. The lowest BCUT2D eigenvalue weighted by molar-refractivity contribution is 0.0757. The molecule has 2 bridgehead atoms. The molecule has 1 aromatic rings. The lowest BCUT2D eigenvalue weighted by Gasteiger charge is -2.19. The molecule has 0 unspecified atom stereocenters. The van der Waals surface area contributed by atoms with Gasteiger partial charge in [-0.15, -0.1) is 0 Å². The van der Waals surface area contributed by atoms with Crippen LogP contribution < -0.4 is 5.69 Å². The van der Waals surface area contributed by atoms with Gasteiger partial charge < -0.3 is 0 Å². The molecule has 0 aromatic carbocycles. The van der Waals surface area contributed by atoms with Crippen LogP contribution in [-0.4, -0.2) is 16.7 Å². The lowest BCUT2D eigenvalue weighted by atomic mass is 11.3. The van der Waals surface area contributed by atoms with Crippen molar-refractivity contribution in [2.24, 2.45) is 0 Å². The molecule has 0 aliphatic carbocycles. The minimum Gasteiger partial charge on any atom is -0.248 e. The summed E-state index contributed by atoms with van der Waals surface area (Å²) in [6.07, 6.45) is 0. The number of rotatable bonds is 0. The number of aromatic nitrogens is 2. The first kappa shape index (κ1) is 3.96. The van der Waals surface area contributed by atoms with E-state index >= 15 is 0 Å². The molecule has 1 aromatic heterocycles. The Morgan fingerprint density at radius 1 is 1.38 bits per heavy atom. The maximum atomic E-state index is 10.2. The molecule has 0 saturated carbocycles. The molecule has 0 saturated heterocycles. The van der Waals surface area contributed by atoms with Crippen LogP contribution in [0, 0.1) is 0 Å². The van der Waals surface area contributed by atoms with Crippen LogP contribution in [0.25, 0.3) is 0 Å². The first-order valence-electron chi connectivity index (χ1n) is 1.71. The highest BCUT2D eigenvalue weighted by Gasteiger charge is 2.44. The van der Waals surface area contributed by atoms with Crippen LogP contribution >= 0.6 is 0 Å². The predicted octanol–water partition coefficient (Wildman–Crippen LogP) is -1.80. The van der Waals surface area contributed by atoms with Crippen LogP contribution in [0.1, 0.15) is 0 Å². The van der Waals surface area contributed by atoms with Crippen LogP contribution in [0.4, 0.5) is 0 Å². The molecule has 3 heterocycles. The molecule has 0 atom stereocenters. The Morgan fingerprint density at radius 3 is 1.88 bits per heavy atom. The average Bonchev–Trinajstić information content (AvgIpc) is 1.60. The molecule has 0 spiro atoms. The van der Waals surface area contributed by atoms with Gasteiger partial charge in [0.05, 0.1) is 0 Å². The van der Waals surface area contributed by atoms with Gasteiger partial charge in [0.25, 0.3) is 0 Å². The van der Waals surface area contributed by atoms with E-state index in [0.717, 1.165) is 0 Å². The normalized spacial score (nSPS) is 20.5. The Hall–Kier alpha value is -0.980. The summed E-state index contributed by atoms with van der Waals surface area (Å²) in [4.78, 5) is 10.0. The van der Waals surface area contributed by atoms with Crippen LogP contribution in [0.15, 0.2) is 9.42 Å². The molecular weight excluding hydrogens is 136 g/mol. The van der Waals surface area contributed by atoms with Crippen LogP contribution in [0.5, 0.6) is 0 Å². The first-order valence-corrected chi connectivity index (χ1v) is 3.11. The molecule has 8 heavy (non-hydrogen) atoms. The Bertz CT molecular complexity index is 346. The van der Waals surface area contributed by atoms with E-state index in [1.54, 1.807) is 0 Å². The first-order chi connectivity index (χ1) is 3.64. The van der Waals surface area contributed by atoms with Crippen LogP contribution in [0.3, 0.4) is 0 Å². The third kappa shape index (κ3) is 0.153. The number of hydrogen-bond donors (Lipinski definition) is 0. The molecule has 0 radical (unpaired) electrons. The summed E-state index contributed by atoms with van der Waals surface area (Å²) in [6.45, 7) is 0. The third-order valence-electron chi connectivity index (χ3n) is 0.880. The van der Waals surface area contributed by atoms with E-state index in [-0.39, 0.29) is 0 Å². The third-order valence-corrected chi connectivity index (χ3v) is 2.16. The van der Waals surface area contributed by atoms with Crippen molar-refractivity contribution in [1.29, 1.82) is 0 Å². The van der Waals surface area contributed by atoms with E-state index in [1.807, 2.05) is 0 Å². The van der Waals surface area contributed by atoms with Gasteiger partial charge in [0, 0.05) is 8.29 Å². The van der Waals surface area contributed by atoms with Gasteiger partial charge in [-0.2, -0.15) is 8.42 Å². The molecule has 44 valence electrons. The van der Waals surface area contributed by atoms with E-state index in [4.69, 9.17) is 0 Å². The lowest BCUT2D eigenvalue weighted by Crippen LogP contribution is -2.58.